The van der Waals surface area contributed by atoms with E-state index in [1.807, 2.05) is 13.8 Å². The Labute approximate surface area is 127 Å². The van der Waals surface area contributed by atoms with E-state index in [1.165, 1.54) is 6.07 Å². The Hall–Kier alpha value is -0.750. The fraction of sp³-hybridized carbons (Fsp3) is 0.600. The lowest BCUT2D eigenvalue weighted by molar-refractivity contribution is -0.0328. The second-order valence-electron chi connectivity index (χ2n) is 5.35. The first-order valence-corrected chi connectivity index (χ1v) is 7.94. The predicted octanol–water partition coefficient (Wildman–Crippen LogP) is 4.80. The Kier molecular flexibility index (Phi) is 7.52. The van der Waals surface area contributed by atoms with Crippen LogP contribution in [0.3, 0.4) is 0 Å². The van der Waals surface area contributed by atoms with Gasteiger partial charge in [0.1, 0.15) is 5.82 Å². The molecule has 6 heteroatoms. The van der Waals surface area contributed by atoms with E-state index in [-0.39, 0.29) is 35.7 Å². The van der Waals surface area contributed by atoms with Gasteiger partial charge in [-0.25, -0.2) is 4.39 Å². The lowest BCUT2D eigenvalue weighted by Gasteiger charge is -2.19. The quantitative estimate of drug-likeness (QED) is 0.690. The molecule has 21 heavy (non-hydrogen) atoms. The van der Waals surface area contributed by atoms with Gasteiger partial charge in [-0.3, -0.25) is 0 Å². The Morgan fingerprint density at radius 3 is 2.38 bits per heavy atom. The molecule has 0 aliphatic carbocycles. The first-order chi connectivity index (χ1) is 9.79. The molecule has 0 aromatic heterocycles. The highest BCUT2D eigenvalue weighted by molar-refractivity contribution is 8.00. The standard InChI is InChI=1S/C15H21F4NS/c1-11(2)9-20-10-12(7-8-21-15(17,18)19)13-5-3-4-6-14(13)16/h3-6,11-12,20H,7-10H2,1-2H3. The molecule has 1 atom stereocenters. The van der Waals surface area contributed by atoms with Gasteiger partial charge < -0.3 is 5.32 Å². The molecule has 0 aliphatic rings. The number of benzene rings is 1. The molecule has 0 amide bonds. The molecule has 0 aliphatic heterocycles. The third kappa shape index (κ3) is 7.71. The van der Waals surface area contributed by atoms with Crippen molar-refractivity contribution in [3.8, 4) is 0 Å². The third-order valence-electron chi connectivity index (χ3n) is 3.02. The van der Waals surface area contributed by atoms with Crippen molar-refractivity contribution in [2.75, 3.05) is 18.8 Å². The van der Waals surface area contributed by atoms with E-state index in [0.29, 0.717) is 18.0 Å². The van der Waals surface area contributed by atoms with Crippen molar-refractivity contribution >= 4 is 11.8 Å². The molecule has 1 rings (SSSR count). The van der Waals surface area contributed by atoms with Gasteiger partial charge in [-0.1, -0.05) is 43.8 Å². The average molecular weight is 323 g/mol. The van der Waals surface area contributed by atoms with E-state index in [4.69, 9.17) is 0 Å². The molecular weight excluding hydrogens is 302 g/mol. The summed E-state index contributed by atoms with van der Waals surface area (Å²) in [6, 6.07) is 6.30. The topological polar surface area (TPSA) is 12.0 Å². The van der Waals surface area contributed by atoms with E-state index in [0.717, 1.165) is 6.54 Å². The van der Waals surface area contributed by atoms with Crippen LogP contribution in [-0.4, -0.2) is 24.4 Å². The Balaban J connectivity index is 2.64. The van der Waals surface area contributed by atoms with Crippen molar-refractivity contribution in [2.45, 2.75) is 31.7 Å². The molecule has 0 saturated heterocycles. The molecular formula is C15H21F4NS. The number of hydrogen-bond donors (Lipinski definition) is 1. The summed E-state index contributed by atoms with van der Waals surface area (Å²) in [5.41, 5.74) is -3.75. The normalized spacial score (nSPS) is 13.7. The van der Waals surface area contributed by atoms with Gasteiger partial charge in [0.05, 0.1) is 0 Å². The molecule has 1 aromatic carbocycles. The van der Waals surface area contributed by atoms with Crippen LogP contribution in [-0.2, 0) is 0 Å². The maximum absolute atomic E-state index is 13.8. The number of alkyl halides is 3. The van der Waals surface area contributed by atoms with Crippen molar-refractivity contribution < 1.29 is 17.6 Å². The summed E-state index contributed by atoms with van der Waals surface area (Å²) in [6.07, 6.45) is 0.288. The van der Waals surface area contributed by atoms with E-state index in [1.54, 1.807) is 18.2 Å². The summed E-state index contributed by atoms with van der Waals surface area (Å²) in [6.45, 7) is 5.34. The van der Waals surface area contributed by atoms with Crippen molar-refractivity contribution in [1.82, 2.24) is 5.32 Å². The van der Waals surface area contributed by atoms with Gasteiger partial charge in [0.2, 0.25) is 0 Å². The Bertz CT molecular complexity index is 420. The molecule has 0 spiro atoms. The zero-order chi connectivity index (χ0) is 15.9. The van der Waals surface area contributed by atoms with Crippen LogP contribution in [0.2, 0.25) is 0 Å². The summed E-state index contributed by atoms with van der Waals surface area (Å²) in [7, 11) is 0. The van der Waals surface area contributed by atoms with Crippen LogP contribution in [0.1, 0.15) is 31.7 Å². The minimum atomic E-state index is -4.23. The summed E-state index contributed by atoms with van der Waals surface area (Å²) in [5.74, 6) is -0.229. The SMILES string of the molecule is CC(C)CNCC(CCSC(F)(F)F)c1ccccc1F. The first kappa shape index (κ1) is 18.3. The van der Waals surface area contributed by atoms with Crippen LogP contribution < -0.4 is 5.32 Å². The van der Waals surface area contributed by atoms with Gasteiger partial charge in [-0.15, -0.1) is 0 Å². The summed E-state index contributed by atoms with van der Waals surface area (Å²) >= 11 is -0.0480. The zero-order valence-electron chi connectivity index (χ0n) is 12.2. The van der Waals surface area contributed by atoms with E-state index in [2.05, 4.69) is 5.32 Å². The highest BCUT2D eigenvalue weighted by Gasteiger charge is 2.28. The van der Waals surface area contributed by atoms with E-state index in [9.17, 15) is 17.6 Å². The van der Waals surface area contributed by atoms with Crippen LogP contribution in [0.15, 0.2) is 24.3 Å². The average Bonchev–Trinajstić information content (AvgIpc) is 2.36. The van der Waals surface area contributed by atoms with Gasteiger partial charge in [0.15, 0.2) is 0 Å². The fourth-order valence-corrected chi connectivity index (χ4v) is 2.67. The highest BCUT2D eigenvalue weighted by Crippen LogP contribution is 2.33. The van der Waals surface area contributed by atoms with Gasteiger partial charge in [-0.05, 0) is 30.5 Å². The smallest absolute Gasteiger partial charge is 0.316 e. The minimum Gasteiger partial charge on any atom is -0.316 e. The van der Waals surface area contributed by atoms with Crippen LogP contribution in [0.4, 0.5) is 17.6 Å². The highest BCUT2D eigenvalue weighted by atomic mass is 32.2. The number of nitrogens with one attached hydrogen (secondary N) is 1. The molecule has 0 bridgehead atoms. The molecule has 1 nitrogen and oxygen atoms in total. The van der Waals surface area contributed by atoms with Gasteiger partial charge in [0, 0.05) is 18.2 Å². The molecule has 0 heterocycles. The predicted molar refractivity (Wildman–Crippen MR) is 80.0 cm³/mol. The Morgan fingerprint density at radius 2 is 1.81 bits per heavy atom. The second kappa shape index (κ2) is 8.63. The largest absolute Gasteiger partial charge is 0.441 e. The second-order valence-corrected chi connectivity index (χ2v) is 6.51. The molecule has 0 saturated carbocycles. The first-order valence-electron chi connectivity index (χ1n) is 6.95. The maximum atomic E-state index is 13.8. The number of halogens is 4. The van der Waals surface area contributed by atoms with Gasteiger partial charge >= 0.3 is 5.51 Å². The zero-order valence-corrected chi connectivity index (χ0v) is 13.0. The van der Waals surface area contributed by atoms with Crippen LogP contribution >= 0.6 is 11.8 Å². The van der Waals surface area contributed by atoms with E-state index < -0.39 is 5.51 Å². The Morgan fingerprint density at radius 1 is 1.14 bits per heavy atom. The number of thioether (sulfide) groups is 1. The molecule has 1 aromatic rings. The van der Waals surface area contributed by atoms with Crippen molar-refractivity contribution in [2.24, 2.45) is 5.92 Å². The summed E-state index contributed by atoms with van der Waals surface area (Å²) < 4.78 is 50.5. The molecule has 0 radical (unpaired) electrons. The number of hydrogen-bond acceptors (Lipinski definition) is 2. The van der Waals surface area contributed by atoms with Crippen molar-refractivity contribution in [1.29, 1.82) is 0 Å². The van der Waals surface area contributed by atoms with Gasteiger partial charge in [-0.2, -0.15) is 13.2 Å². The maximum Gasteiger partial charge on any atom is 0.441 e. The lowest BCUT2D eigenvalue weighted by atomic mass is 9.95. The van der Waals surface area contributed by atoms with Gasteiger partial charge in [0.25, 0.3) is 0 Å². The molecule has 0 fully saturated rings. The molecule has 1 N–H and O–H groups in total. The monoisotopic (exact) mass is 323 g/mol. The lowest BCUT2D eigenvalue weighted by Crippen LogP contribution is -2.26. The van der Waals surface area contributed by atoms with E-state index >= 15 is 0 Å². The third-order valence-corrected chi connectivity index (χ3v) is 3.79. The van der Waals surface area contributed by atoms with Crippen LogP contribution in [0.25, 0.3) is 0 Å². The minimum absolute atomic E-state index is 0.0480. The number of rotatable bonds is 8. The van der Waals surface area contributed by atoms with Crippen LogP contribution in [0.5, 0.6) is 0 Å². The fourth-order valence-electron chi connectivity index (χ4n) is 2.04. The summed E-state index contributed by atoms with van der Waals surface area (Å²) in [5, 5.41) is 3.20. The molecule has 1 unspecified atom stereocenters. The van der Waals surface area contributed by atoms with Crippen molar-refractivity contribution in [3.63, 3.8) is 0 Å². The molecule has 120 valence electrons. The van der Waals surface area contributed by atoms with Crippen LogP contribution in [0, 0.1) is 11.7 Å². The van der Waals surface area contributed by atoms with Crippen molar-refractivity contribution in [3.05, 3.63) is 35.6 Å². The summed E-state index contributed by atoms with van der Waals surface area (Å²) in [4.78, 5) is 0.